The lowest BCUT2D eigenvalue weighted by molar-refractivity contribution is -0.386. The highest BCUT2D eigenvalue weighted by molar-refractivity contribution is 5.89. The van der Waals surface area contributed by atoms with Gasteiger partial charge in [-0.15, -0.1) is 0 Å². The van der Waals surface area contributed by atoms with Gasteiger partial charge in [-0.05, 0) is 41.7 Å². The maximum absolute atomic E-state index is 10.1. The molecule has 1 fully saturated rings. The smallest absolute Gasteiger partial charge is 0.232 e. The fourth-order valence-electron chi connectivity index (χ4n) is 3.79. The molecule has 0 spiro atoms. The Labute approximate surface area is 179 Å². The van der Waals surface area contributed by atoms with Gasteiger partial charge in [-0.1, -0.05) is 37.3 Å². The molecule has 1 aliphatic heterocycles. The third kappa shape index (κ3) is 4.45. The van der Waals surface area contributed by atoms with Crippen molar-refractivity contribution in [1.82, 2.24) is 4.98 Å². The van der Waals surface area contributed by atoms with Crippen LogP contribution in [0.15, 0.2) is 48.7 Å². The van der Waals surface area contributed by atoms with Crippen LogP contribution in [-0.4, -0.2) is 62.7 Å². The molecule has 0 bridgehead atoms. The van der Waals surface area contributed by atoms with Gasteiger partial charge in [0.15, 0.2) is 5.75 Å². The Morgan fingerprint density at radius 3 is 2.42 bits per heavy atom. The van der Waals surface area contributed by atoms with E-state index in [2.05, 4.69) is 36.2 Å². The second kappa shape index (κ2) is 9.35. The van der Waals surface area contributed by atoms with Crippen LogP contribution in [0, 0.1) is 0 Å². The molecule has 8 heteroatoms. The predicted octanol–water partition coefficient (Wildman–Crippen LogP) is 1.43. The summed E-state index contributed by atoms with van der Waals surface area (Å²) < 4.78 is 5.33. The highest BCUT2D eigenvalue weighted by atomic mass is 17.2. The number of aliphatic hydroxyl groups is 4. The first-order valence-corrected chi connectivity index (χ1v) is 10.3. The van der Waals surface area contributed by atoms with E-state index in [1.807, 2.05) is 12.3 Å². The Bertz CT molecular complexity index is 1000. The molecule has 0 amide bonds. The summed E-state index contributed by atoms with van der Waals surface area (Å²) in [5.74, 6) is 0.413. The van der Waals surface area contributed by atoms with Crippen LogP contribution < -0.4 is 4.89 Å². The number of nitrogens with one attached hydrogen (secondary N) is 1. The van der Waals surface area contributed by atoms with Gasteiger partial charge in [-0.3, -0.25) is 0 Å². The van der Waals surface area contributed by atoms with Crippen molar-refractivity contribution in [2.24, 2.45) is 0 Å². The van der Waals surface area contributed by atoms with Crippen molar-refractivity contribution in [1.29, 1.82) is 0 Å². The van der Waals surface area contributed by atoms with E-state index < -0.39 is 37.3 Å². The largest absolute Gasteiger partial charge is 0.394 e. The number of H-pyrrole nitrogens is 1. The topological polar surface area (TPSA) is 124 Å². The summed E-state index contributed by atoms with van der Waals surface area (Å²) in [6, 6.07) is 13.9. The Morgan fingerprint density at radius 2 is 1.71 bits per heavy atom. The minimum Gasteiger partial charge on any atom is -0.394 e. The third-order valence-corrected chi connectivity index (χ3v) is 5.66. The van der Waals surface area contributed by atoms with Crippen LogP contribution in [0.3, 0.4) is 0 Å². The average Bonchev–Trinajstić information content (AvgIpc) is 3.21. The van der Waals surface area contributed by atoms with Crippen LogP contribution in [0.1, 0.15) is 23.6 Å². The summed E-state index contributed by atoms with van der Waals surface area (Å²) in [7, 11) is 0. The van der Waals surface area contributed by atoms with Crippen molar-refractivity contribution in [3.05, 3.63) is 65.4 Å². The molecule has 166 valence electrons. The molecule has 2 heterocycles. The normalized spacial score (nSPS) is 26.3. The Kier molecular flexibility index (Phi) is 6.57. The van der Waals surface area contributed by atoms with Crippen LogP contribution in [-0.2, 0) is 22.5 Å². The second-order valence-corrected chi connectivity index (χ2v) is 7.72. The molecule has 1 aliphatic rings. The van der Waals surface area contributed by atoms with Crippen molar-refractivity contribution in [3.63, 3.8) is 0 Å². The van der Waals surface area contributed by atoms with Gasteiger partial charge in [0.2, 0.25) is 6.29 Å². The first-order valence-electron chi connectivity index (χ1n) is 10.3. The number of fused-ring (bicyclic) bond motifs is 1. The number of ether oxygens (including phenoxy) is 1. The predicted molar refractivity (Wildman–Crippen MR) is 112 cm³/mol. The fourth-order valence-corrected chi connectivity index (χ4v) is 3.79. The summed E-state index contributed by atoms with van der Waals surface area (Å²) in [5.41, 5.74) is 4.30. The van der Waals surface area contributed by atoms with Gasteiger partial charge in [0.25, 0.3) is 0 Å². The molecule has 5 atom stereocenters. The van der Waals surface area contributed by atoms with Gasteiger partial charge in [0, 0.05) is 17.1 Å². The molecule has 0 aliphatic carbocycles. The molecule has 5 N–H and O–H groups in total. The molecule has 4 rings (SSSR count). The number of rotatable bonds is 7. The minimum absolute atomic E-state index is 0.413. The SMILES string of the molecule is CCc1ccc(Cc2c[nH]c3cccc(OO[C@@H]4O[C@H](CO)[C@@H](O)[C@H](O)[C@H]4O)c23)cc1. The third-order valence-electron chi connectivity index (χ3n) is 5.66. The van der Waals surface area contributed by atoms with Gasteiger partial charge in [0.05, 0.1) is 6.61 Å². The molecule has 8 nitrogen and oxygen atoms in total. The highest BCUT2D eigenvalue weighted by Crippen LogP contribution is 2.31. The van der Waals surface area contributed by atoms with Crippen molar-refractivity contribution < 1.29 is 34.9 Å². The maximum atomic E-state index is 10.1. The Morgan fingerprint density at radius 1 is 0.968 bits per heavy atom. The molecule has 2 aromatic carbocycles. The molecule has 0 saturated carbocycles. The number of aromatic nitrogens is 1. The molecule has 3 aromatic rings. The summed E-state index contributed by atoms with van der Waals surface area (Å²) in [6.45, 7) is 1.58. The van der Waals surface area contributed by atoms with Crippen molar-refractivity contribution >= 4 is 10.9 Å². The standard InChI is InChI=1S/C23H27NO7/c1-2-13-6-8-14(9-7-13)10-15-11-24-16-4-3-5-17(19(15)16)30-31-23-22(28)21(27)20(26)18(12-25)29-23/h3-9,11,18,20-28H,2,10,12H2,1H3/t18-,20-,21+,22-,23+/m1/s1. The van der Waals surface area contributed by atoms with Gasteiger partial charge in [0.1, 0.15) is 24.4 Å². The summed E-state index contributed by atoms with van der Waals surface area (Å²) in [5, 5.41) is 40.1. The number of aliphatic hydroxyl groups excluding tert-OH is 4. The number of hydrogen-bond donors (Lipinski definition) is 5. The lowest BCUT2D eigenvalue weighted by atomic mass is 9.99. The zero-order chi connectivity index (χ0) is 22.0. The number of aryl methyl sites for hydroxylation is 1. The summed E-state index contributed by atoms with van der Waals surface area (Å²) in [6.07, 6.45) is -3.40. The molecule has 0 unspecified atom stereocenters. The molecular weight excluding hydrogens is 402 g/mol. The first kappa shape index (κ1) is 21.8. The van der Waals surface area contributed by atoms with E-state index in [9.17, 15) is 20.4 Å². The lowest BCUT2D eigenvalue weighted by Gasteiger charge is -2.38. The summed E-state index contributed by atoms with van der Waals surface area (Å²) >= 11 is 0. The van der Waals surface area contributed by atoms with Gasteiger partial charge in [-0.25, -0.2) is 0 Å². The zero-order valence-electron chi connectivity index (χ0n) is 17.1. The van der Waals surface area contributed by atoms with E-state index in [0.717, 1.165) is 28.5 Å². The molecular formula is C23H27NO7. The Hall–Kier alpha value is -2.46. The highest BCUT2D eigenvalue weighted by Gasteiger charge is 2.45. The van der Waals surface area contributed by atoms with E-state index in [4.69, 9.17) is 14.5 Å². The monoisotopic (exact) mass is 429 g/mol. The minimum atomic E-state index is -1.54. The van der Waals surface area contributed by atoms with Gasteiger partial charge in [-0.2, -0.15) is 4.89 Å². The quantitative estimate of drug-likeness (QED) is 0.284. The van der Waals surface area contributed by atoms with E-state index >= 15 is 0 Å². The number of benzene rings is 2. The van der Waals surface area contributed by atoms with Crippen molar-refractivity contribution in [2.75, 3.05) is 6.61 Å². The fraction of sp³-hybridized carbons (Fsp3) is 0.391. The lowest BCUT2D eigenvalue weighted by Crippen LogP contribution is -2.59. The number of hydrogen-bond acceptors (Lipinski definition) is 7. The second-order valence-electron chi connectivity index (χ2n) is 7.72. The molecule has 0 radical (unpaired) electrons. The van der Waals surface area contributed by atoms with E-state index in [1.165, 1.54) is 5.56 Å². The zero-order valence-corrected chi connectivity index (χ0v) is 17.1. The van der Waals surface area contributed by atoms with Crippen molar-refractivity contribution in [3.8, 4) is 5.75 Å². The van der Waals surface area contributed by atoms with Crippen LogP contribution in [0.4, 0.5) is 0 Å². The van der Waals surface area contributed by atoms with E-state index in [-0.39, 0.29) is 0 Å². The Balaban J connectivity index is 1.53. The molecule has 1 aromatic heterocycles. The average molecular weight is 429 g/mol. The van der Waals surface area contributed by atoms with Gasteiger partial charge >= 0.3 is 0 Å². The van der Waals surface area contributed by atoms with Crippen LogP contribution >= 0.6 is 0 Å². The van der Waals surface area contributed by atoms with Gasteiger partial charge < -0.3 is 35.0 Å². The van der Waals surface area contributed by atoms with E-state index in [1.54, 1.807) is 12.1 Å². The first-order chi connectivity index (χ1) is 15.0. The van der Waals surface area contributed by atoms with E-state index in [0.29, 0.717) is 12.2 Å². The van der Waals surface area contributed by atoms with Crippen LogP contribution in [0.25, 0.3) is 10.9 Å². The maximum Gasteiger partial charge on any atom is 0.232 e. The van der Waals surface area contributed by atoms with Crippen LogP contribution in [0.2, 0.25) is 0 Å². The number of aromatic amines is 1. The van der Waals surface area contributed by atoms with Crippen LogP contribution in [0.5, 0.6) is 5.75 Å². The molecule has 31 heavy (non-hydrogen) atoms. The van der Waals surface area contributed by atoms with Crippen molar-refractivity contribution in [2.45, 2.75) is 50.5 Å². The summed E-state index contributed by atoms with van der Waals surface area (Å²) in [4.78, 5) is 14.0. The molecule has 1 saturated heterocycles.